The zero-order valence-electron chi connectivity index (χ0n) is 17.8. The fraction of sp³-hybridized carbons (Fsp3) is 0.636. The third-order valence-electron chi connectivity index (χ3n) is 6.04. The first-order chi connectivity index (χ1) is 13.7. The lowest BCUT2D eigenvalue weighted by Gasteiger charge is -2.42. The number of piperidine rings is 2. The number of likely N-dealkylation sites (N-methyl/N-ethyl adjacent to an activating group) is 1. The second-order valence-electron chi connectivity index (χ2n) is 8.00. The van der Waals surface area contributed by atoms with Gasteiger partial charge in [-0.3, -0.25) is 14.5 Å². The molecule has 8 heteroatoms. The van der Waals surface area contributed by atoms with Crippen molar-refractivity contribution in [3.63, 3.8) is 0 Å². The zero-order chi connectivity index (χ0) is 19.8. The Balaban J connectivity index is 0.00000225. The number of halogens is 2. The van der Waals surface area contributed by atoms with Crippen LogP contribution in [-0.4, -0.2) is 74.0 Å². The molecule has 2 aliphatic heterocycles. The summed E-state index contributed by atoms with van der Waals surface area (Å²) in [4.78, 5) is 29.1. The number of hydrogen-bond acceptors (Lipinski definition) is 4. The molecule has 1 atom stereocenters. The van der Waals surface area contributed by atoms with E-state index in [1.807, 2.05) is 30.1 Å². The van der Waals surface area contributed by atoms with E-state index in [9.17, 15) is 9.59 Å². The van der Waals surface area contributed by atoms with Gasteiger partial charge in [-0.15, -0.1) is 24.8 Å². The van der Waals surface area contributed by atoms with Gasteiger partial charge in [0, 0.05) is 32.2 Å². The molecule has 0 aromatic heterocycles. The Morgan fingerprint density at radius 2 is 1.73 bits per heavy atom. The Labute approximate surface area is 193 Å². The first-order valence-electron chi connectivity index (χ1n) is 10.7. The topological polar surface area (TPSA) is 64.7 Å². The standard InChI is InChI=1S/C22H34N4O2.2ClH/c1-23-16-21(27)25-14-10-20(11-15-25)26-13-5-8-19(17-26)22(28)24-12-9-18-6-3-2-4-7-18;;/h2-4,6-7,19-20,23H,5,8-17H2,1H3,(H,24,28);2*1H. The van der Waals surface area contributed by atoms with Gasteiger partial charge in [0.15, 0.2) is 0 Å². The number of likely N-dealkylation sites (tertiary alicyclic amines) is 2. The van der Waals surface area contributed by atoms with E-state index < -0.39 is 0 Å². The van der Waals surface area contributed by atoms with Gasteiger partial charge < -0.3 is 15.5 Å². The summed E-state index contributed by atoms with van der Waals surface area (Å²) in [6.07, 6.45) is 4.96. The van der Waals surface area contributed by atoms with E-state index in [0.29, 0.717) is 19.1 Å². The third kappa shape index (κ3) is 7.73. The quantitative estimate of drug-likeness (QED) is 0.656. The molecule has 30 heavy (non-hydrogen) atoms. The van der Waals surface area contributed by atoms with Crippen LogP contribution in [0.5, 0.6) is 0 Å². The maximum absolute atomic E-state index is 12.6. The van der Waals surface area contributed by atoms with Crippen LogP contribution in [0.4, 0.5) is 0 Å². The molecule has 2 N–H and O–H groups in total. The van der Waals surface area contributed by atoms with Gasteiger partial charge in [-0.2, -0.15) is 0 Å². The summed E-state index contributed by atoms with van der Waals surface area (Å²) >= 11 is 0. The van der Waals surface area contributed by atoms with Crippen molar-refractivity contribution in [2.24, 2.45) is 5.92 Å². The molecule has 0 radical (unpaired) electrons. The number of carbonyl (C=O) groups excluding carboxylic acids is 2. The van der Waals surface area contributed by atoms with Crippen LogP contribution in [-0.2, 0) is 16.0 Å². The van der Waals surface area contributed by atoms with Crippen molar-refractivity contribution in [2.75, 3.05) is 46.3 Å². The molecule has 2 heterocycles. The number of amides is 2. The first-order valence-corrected chi connectivity index (χ1v) is 10.7. The Morgan fingerprint density at radius 1 is 1.03 bits per heavy atom. The molecule has 170 valence electrons. The molecule has 1 unspecified atom stereocenters. The highest BCUT2D eigenvalue weighted by Crippen LogP contribution is 2.24. The number of carbonyl (C=O) groups is 2. The molecule has 0 aliphatic carbocycles. The third-order valence-corrected chi connectivity index (χ3v) is 6.04. The minimum absolute atomic E-state index is 0. The summed E-state index contributed by atoms with van der Waals surface area (Å²) in [5.74, 6) is 0.478. The maximum atomic E-state index is 12.6. The van der Waals surface area contributed by atoms with Crippen LogP contribution >= 0.6 is 24.8 Å². The largest absolute Gasteiger partial charge is 0.355 e. The van der Waals surface area contributed by atoms with Crippen LogP contribution in [0.15, 0.2) is 30.3 Å². The maximum Gasteiger partial charge on any atom is 0.236 e. The molecule has 6 nitrogen and oxygen atoms in total. The van der Waals surface area contributed by atoms with Gasteiger partial charge in [0.2, 0.25) is 11.8 Å². The minimum Gasteiger partial charge on any atom is -0.355 e. The smallest absolute Gasteiger partial charge is 0.236 e. The molecule has 2 aliphatic rings. The van der Waals surface area contributed by atoms with Crippen molar-refractivity contribution in [3.05, 3.63) is 35.9 Å². The average Bonchev–Trinajstić information content (AvgIpc) is 2.75. The van der Waals surface area contributed by atoms with Gasteiger partial charge in [-0.05, 0) is 51.3 Å². The number of benzene rings is 1. The monoisotopic (exact) mass is 458 g/mol. The molecular formula is C22H36Cl2N4O2. The van der Waals surface area contributed by atoms with Gasteiger partial charge in [0.1, 0.15) is 0 Å². The highest BCUT2D eigenvalue weighted by atomic mass is 35.5. The summed E-state index contributed by atoms with van der Waals surface area (Å²) in [5.41, 5.74) is 1.26. The molecule has 0 saturated carbocycles. The van der Waals surface area contributed by atoms with Crippen molar-refractivity contribution in [2.45, 2.75) is 38.1 Å². The van der Waals surface area contributed by atoms with Gasteiger partial charge in [0.25, 0.3) is 0 Å². The van der Waals surface area contributed by atoms with Crippen LogP contribution < -0.4 is 10.6 Å². The number of nitrogens with zero attached hydrogens (tertiary/aromatic N) is 2. The average molecular weight is 459 g/mol. The number of hydrogen-bond donors (Lipinski definition) is 2. The normalized spacial score (nSPS) is 20.0. The van der Waals surface area contributed by atoms with Crippen LogP contribution in [0.1, 0.15) is 31.2 Å². The van der Waals surface area contributed by atoms with E-state index in [-0.39, 0.29) is 42.5 Å². The molecule has 0 bridgehead atoms. The summed E-state index contributed by atoms with van der Waals surface area (Å²) < 4.78 is 0. The molecule has 1 aromatic carbocycles. The van der Waals surface area contributed by atoms with Crippen LogP contribution in [0.3, 0.4) is 0 Å². The molecule has 2 amide bonds. The van der Waals surface area contributed by atoms with Crippen molar-refractivity contribution in [1.82, 2.24) is 20.4 Å². The van der Waals surface area contributed by atoms with E-state index in [4.69, 9.17) is 0 Å². The Morgan fingerprint density at radius 3 is 2.40 bits per heavy atom. The summed E-state index contributed by atoms with van der Waals surface area (Å²) in [6.45, 7) is 4.70. The second kappa shape index (κ2) is 13.9. The van der Waals surface area contributed by atoms with E-state index in [1.165, 1.54) is 5.56 Å². The molecule has 2 saturated heterocycles. The molecular weight excluding hydrogens is 423 g/mol. The molecule has 1 aromatic rings. The van der Waals surface area contributed by atoms with E-state index >= 15 is 0 Å². The minimum atomic E-state index is 0. The molecule has 0 spiro atoms. The lowest BCUT2D eigenvalue weighted by molar-refractivity contribution is -0.131. The predicted octanol–water partition coefficient (Wildman–Crippen LogP) is 2.11. The number of nitrogens with one attached hydrogen (secondary N) is 2. The summed E-state index contributed by atoms with van der Waals surface area (Å²) in [5, 5.41) is 6.07. The summed E-state index contributed by atoms with van der Waals surface area (Å²) in [7, 11) is 1.81. The second-order valence-corrected chi connectivity index (χ2v) is 8.00. The van der Waals surface area contributed by atoms with Crippen LogP contribution in [0.25, 0.3) is 0 Å². The van der Waals surface area contributed by atoms with Crippen molar-refractivity contribution in [3.8, 4) is 0 Å². The van der Waals surface area contributed by atoms with Crippen LogP contribution in [0.2, 0.25) is 0 Å². The fourth-order valence-electron chi connectivity index (χ4n) is 4.41. The first kappa shape index (κ1) is 26.7. The lowest BCUT2D eigenvalue weighted by Crippen LogP contribution is -2.52. The zero-order valence-corrected chi connectivity index (χ0v) is 19.5. The molecule has 3 rings (SSSR count). The summed E-state index contributed by atoms with van der Waals surface area (Å²) in [6, 6.07) is 10.8. The van der Waals surface area contributed by atoms with E-state index in [1.54, 1.807) is 0 Å². The van der Waals surface area contributed by atoms with Crippen molar-refractivity contribution in [1.29, 1.82) is 0 Å². The number of rotatable bonds is 7. The van der Waals surface area contributed by atoms with Crippen molar-refractivity contribution < 1.29 is 9.59 Å². The molecule has 2 fully saturated rings. The van der Waals surface area contributed by atoms with Gasteiger partial charge in [-0.1, -0.05) is 30.3 Å². The lowest BCUT2D eigenvalue weighted by atomic mass is 9.93. The SMILES string of the molecule is CNCC(=O)N1CCC(N2CCCC(C(=O)NCCc3ccccc3)C2)CC1.Cl.Cl. The van der Waals surface area contributed by atoms with Gasteiger partial charge in [0.05, 0.1) is 12.5 Å². The Hall–Kier alpha value is -1.34. The predicted molar refractivity (Wildman–Crippen MR) is 125 cm³/mol. The highest BCUT2D eigenvalue weighted by Gasteiger charge is 2.32. The van der Waals surface area contributed by atoms with Crippen molar-refractivity contribution >= 4 is 36.6 Å². The highest BCUT2D eigenvalue weighted by molar-refractivity contribution is 5.85. The fourth-order valence-corrected chi connectivity index (χ4v) is 4.41. The Bertz CT molecular complexity index is 639. The van der Waals surface area contributed by atoms with E-state index in [0.717, 1.165) is 58.3 Å². The van der Waals surface area contributed by atoms with Gasteiger partial charge in [-0.25, -0.2) is 0 Å². The van der Waals surface area contributed by atoms with E-state index in [2.05, 4.69) is 27.7 Å². The van der Waals surface area contributed by atoms with Gasteiger partial charge >= 0.3 is 0 Å². The Kier molecular flexibility index (Phi) is 12.3. The van der Waals surface area contributed by atoms with Crippen LogP contribution in [0, 0.1) is 5.92 Å².